The van der Waals surface area contributed by atoms with Crippen LogP contribution in [0.2, 0.25) is 0 Å². The lowest BCUT2D eigenvalue weighted by Crippen LogP contribution is -2.36. The van der Waals surface area contributed by atoms with Crippen molar-refractivity contribution in [3.05, 3.63) is 100 Å². The number of halogens is 3. The maximum absolute atomic E-state index is 13.8. The summed E-state index contributed by atoms with van der Waals surface area (Å²) in [4.78, 5) is 2.19. The molecule has 0 aliphatic rings. The van der Waals surface area contributed by atoms with E-state index in [0.717, 1.165) is 31.6 Å². The van der Waals surface area contributed by atoms with Gasteiger partial charge in [0.05, 0.1) is 19.3 Å². The lowest BCUT2D eigenvalue weighted by atomic mass is 10.1. The van der Waals surface area contributed by atoms with Crippen LogP contribution < -0.4 is 4.74 Å². The minimum absolute atomic E-state index is 0.0239. The molecule has 1 unspecified atom stereocenters. The average Bonchev–Trinajstić information content (AvgIpc) is 2.80. The number of nitrogens with zero attached hydrogens (tertiary/aromatic N) is 1. The summed E-state index contributed by atoms with van der Waals surface area (Å²) in [5, 5.41) is 10.5. The Labute approximate surface area is 201 Å². The first-order valence-electron chi connectivity index (χ1n) is 10.8. The molecule has 0 saturated carbocycles. The molecule has 0 aliphatic heterocycles. The van der Waals surface area contributed by atoms with E-state index in [1.54, 1.807) is 0 Å². The maximum Gasteiger partial charge on any atom is 0.190 e. The number of rotatable bonds is 13. The average molecular weight is 520 g/mol. The Hall–Kier alpha value is -2.32. The predicted molar refractivity (Wildman–Crippen MR) is 128 cm³/mol. The van der Waals surface area contributed by atoms with Crippen molar-refractivity contribution in [1.82, 2.24) is 4.90 Å². The largest absolute Gasteiger partial charge is 0.485 e. The number of aliphatic hydroxyl groups is 1. The van der Waals surface area contributed by atoms with E-state index >= 15 is 0 Å². The highest BCUT2D eigenvalue weighted by molar-refractivity contribution is 9.10. The van der Waals surface area contributed by atoms with Crippen LogP contribution in [0.5, 0.6) is 5.75 Å². The quantitative estimate of drug-likeness (QED) is 0.314. The SMILES string of the molecule is OC(COCCOc1c(F)cc(Br)cc1F)CN(CCc1ccccc1)Cc1ccccc1. The van der Waals surface area contributed by atoms with Crippen LogP contribution in [0.4, 0.5) is 8.78 Å². The van der Waals surface area contributed by atoms with Gasteiger partial charge in [0.1, 0.15) is 6.61 Å². The molecular weight excluding hydrogens is 492 g/mol. The molecule has 1 N–H and O–H groups in total. The Balaban J connectivity index is 1.44. The molecule has 0 saturated heterocycles. The van der Waals surface area contributed by atoms with Gasteiger partial charge >= 0.3 is 0 Å². The fourth-order valence-corrected chi connectivity index (χ4v) is 3.85. The second-order valence-corrected chi connectivity index (χ2v) is 8.65. The number of hydrogen-bond acceptors (Lipinski definition) is 4. The molecule has 0 aromatic heterocycles. The van der Waals surface area contributed by atoms with Gasteiger partial charge in [-0.15, -0.1) is 0 Å². The summed E-state index contributed by atoms with van der Waals surface area (Å²) in [5.41, 5.74) is 2.41. The van der Waals surface area contributed by atoms with Crippen LogP contribution in [0, 0.1) is 11.6 Å². The van der Waals surface area contributed by atoms with E-state index in [4.69, 9.17) is 9.47 Å². The van der Waals surface area contributed by atoms with Crippen molar-refractivity contribution in [2.24, 2.45) is 0 Å². The Bertz CT molecular complexity index is 953. The van der Waals surface area contributed by atoms with E-state index in [1.165, 1.54) is 11.1 Å². The molecule has 3 rings (SSSR count). The third-order valence-corrected chi connectivity index (χ3v) is 5.48. The van der Waals surface area contributed by atoms with Crippen LogP contribution in [-0.2, 0) is 17.7 Å². The lowest BCUT2D eigenvalue weighted by molar-refractivity contribution is 0.00615. The Morgan fingerprint density at radius 1 is 0.879 bits per heavy atom. The van der Waals surface area contributed by atoms with E-state index in [9.17, 15) is 13.9 Å². The Morgan fingerprint density at radius 2 is 1.48 bits per heavy atom. The van der Waals surface area contributed by atoms with Crippen molar-refractivity contribution in [1.29, 1.82) is 0 Å². The molecule has 33 heavy (non-hydrogen) atoms. The normalized spacial score (nSPS) is 12.2. The van der Waals surface area contributed by atoms with Gasteiger partial charge in [-0.25, -0.2) is 8.78 Å². The van der Waals surface area contributed by atoms with E-state index < -0.39 is 23.5 Å². The van der Waals surface area contributed by atoms with E-state index in [1.807, 2.05) is 36.4 Å². The van der Waals surface area contributed by atoms with Crippen molar-refractivity contribution in [2.45, 2.75) is 19.1 Å². The maximum atomic E-state index is 13.8. The standard InChI is InChI=1S/C26H28BrF2NO3/c27-22-15-24(28)26(25(29)16-22)33-14-13-32-19-23(31)18-30(17-21-9-5-2-6-10-21)12-11-20-7-3-1-4-8-20/h1-10,15-16,23,31H,11-14,17-19H2. The molecular formula is C26H28BrF2NO3. The highest BCUT2D eigenvalue weighted by atomic mass is 79.9. The van der Waals surface area contributed by atoms with Crippen molar-refractivity contribution >= 4 is 15.9 Å². The minimum Gasteiger partial charge on any atom is -0.485 e. The Kier molecular flexibility index (Phi) is 10.3. The van der Waals surface area contributed by atoms with Crippen LogP contribution in [0.25, 0.3) is 0 Å². The van der Waals surface area contributed by atoms with Crippen molar-refractivity contribution in [2.75, 3.05) is 32.9 Å². The van der Waals surface area contributed by atoms with Gasteiger partial charge in [0, 0.05) is 24.1 Å². The van der Waals surface area contributed by atoms with Gasteiger partial charge in [-0.05, 0) is 29.7 Å². The fraction of sp³-hybridized carbons (Fsp3) is 0.308. The van der Waals surface area contributed by atoms with Crippen LogP contribution in [0.3, 0.4) is 0 Å². The van der Waals surface area contributed by atoms with Gasteiger partial charge in [0.2, 0.25) is 0 Å². The third-order valence-electron chi connectivity index (χ3n) is 5.02. The van der Waals surface area contributed by atoms with Gasteiger partial charge < -0.3 is 14.6 Å². The summed E-state index contributed by atoms with van der Waals surface area (Å²) >= 11 is 3.03. The fourth-order valence-electron chi connectivity index (χ4n) is 3.45. The van der Waals surface area contributed by atoms with Gasteiger partial charge in [-0.1, -0.05) is 76.6 Å². The van der Waals surface area contributed by atoms with Gasteiger partial charge in [-0.3, -0.25) is 4.90 Å². The zero-order valence-corrected chi connectivity index (χ0v) is 19.9. The van der Waals surface area contributed by atoms with E-state index in [2.05, 4.69) is 45.1 Å². The van der Waals surface area contributed by atoms with Gasteiger partial charge in [0.25, 0.3) is 0 Å². The molecule has 7 heteroatoms. The molecule has 0 aliphatic carbocycles. The summed E-state index contributed by atoms with van der Waals surface area (Å²) in [6.07, 6.45) is 0.171. The molecule has 1 atom stereocenters. The minimum atomic E-state index is -0.781. The van der Waals surface area contributed by atoms with E-state index in [-0.39, 0.29) is 19.8 Å². The summed E-state index contributed by atoms with van der Waals surface area (Å²) in [6.45, 7) is 2.14. The molecule has 0 spiro atoms. The topological polar surface area (TPSA) is 41.9 Å². The number of hydrogen-bond donors (Lipinski definition) is 1. The molecule has 3 aromatic carbocycles. The first kappa shape index (κ1) is 25.3. The molecule has 0 bridgehead atoms. The summed E-state index contributed by atoms with van der Waals surface area (Å²) in [5.74, 6) is -1.99. The molecule has 0 fully saturated rings. The van der Waals surface area contributed by atoms with Gasteiger partial charge in [-0.2, -0.15) is 0 Å². The molecule has 0 heterocycles. The first-order chi connectivity index (χ1) is 16.0. The monoisotopic (exact) mass is 519 g/mol. The molecule has 0 amide bonds. The van der Waals surface area contributed by atoms with Gasteiger partial charge in [0.15, 0.2) is 17.4 Å². The molecule has 176 valence electrons. The summed E-state index contributed by atoms with van der Waals surface area (Å²) in [7, 11) is 0. The predicted octanol–water partition coefficient (Wildman–Crippen LogP) is 5.23. The number of benzene rings is 3. The van der Waals surface area contributed by atoms with Crippen molar-refractivity contribution < 1.29 is 23.4 Å². The number of ether oxygens (including phenoxy) is 2. The zero-order chi connectivity index (χ0) is 23.5. The molecule has 4 nitrogen and oxygen atoms in total. The summed E-state index contributed by atoms with van der Waals surface area (Å²) in [6, 6.07) is 22.6. The first-order valence-corrected chi connectivity index (χ1v) is 11.6. The summed E-state index contributed by atoms with van der Waals surface area (Å²) < 4.78 is 38.5. The van der Waals surface area contributed by atoms with Crippen molar-refractivity contribution in [3.63, 3.8) is 0 Å². The van der Waals surface area contributed by atoms with Crippen LogP contribution >= 0.6 is 15.9 Å². The molecule has 0 radical (unpaired) electrons. The highest BCUT2D eigenvalue weighted by Gasteiger charge is 2.14. The highest BCUT2D eigenvalue weighted by Crippen LogP contribution is 2.25. The van der Waals surface area contributed by atoms with E-state index in [0.29, 0.717) is 11.0 Å². The van der Waals surface area contributed by atoms with Crippen LogP contribution in [-0.4, -0.2) is 49.0 Å². The second-order valence-electron chi connectivity index (χ2n) is 7.73. The second kappa shape index (κ2) is 13.4. The third kappa shape index (κ3) is 8.85. The van der Waals surface area contributed by atoms with Crippen molar-refractivity contribution in [3.8, 4) is 5.75 Å². The molecule has 3 aromatic rings. The van der Waals surface area contributed by atoms with Crippen LogP contribution in [0.15, 0.2) is 77.3 Å². The van der Waals surface area contributed by atoms with Crippen LogP contribution in [0.1, 0.15) is 11.1 Å². The smallest absolute Gasteiger partial charge is 0.190 e. The Morgan fingerprint density at radius 3 is 2.12 bits per heavy atom. The lowest BCUT2D eigenvalue weighted by Gasteiger charge is -2.25. The number of aliphatic hydroxyl groups excluding tert-OH is 1. The zero-order valence-electron chi connectivity index (χ0n) is 18.3.